The Hall–Kier alpha value is -1.45. The molecule has 1 aromatic rings. The van der Waals surface area contributed by atoms with Gasteiger partial charge < -0.3 is 14.2 Å². The molecule has 0 saturated carbocycles. The number of piperidine rings is 1. The number of carbonyl (C=O) groups is 1. The van der Waals surface area contributed by atoms with Crippen LogP contribution in [0.4, 0.5) is 0 Å². The maximum atomic E-state index is 12.7. The first kappa shape index (κ1) is 19.3. The van der Waals surface area contributed by atoms with Gasteiger partial charge in [0.25, 0.3) is 10.0 Å². The number of ether oxygens (including phenoxy) is 1. The lowest BCUT2D eigenvalue weighted by Gasteiger charge is -2.45. The van der Waals surface area contributed by atoms with Crippen molar-refractivity contribution in [2.45, 2.75) is 42.7 Å². The molecule has 2 aliphatic rings. The zero-order chi connectivity index (χ0) is 18.9. The largest absolute Gasteiger partial charge is 0.375 e. The summed E-state index contributed by atoms with van der Waals surface area (Å²) in [5.74, 6) is 0.444. The number of nitrogens with zero attached hydrogens (tertiary/aromatic N) is 4. The SMILES string of the molecule is CN(C)C(=O)CC1CCOC2(CCN(S(=O)(=O)c3cn(C)cn3)CC2)C1. The first-order valence-electron chi connectivity index (χ1n) is 9.04. The summed E-state index contributed by atoms with van der Waals surface area (Å²) < 4.78 is 34.6. The van der Waals surface area contributed by atoms with Crippen molar-refractivity contribution in [2.24, 2.45) is 13.0 Å². The number of rotatable bonds is 4. The Balaban J connectivity index is 1.63. The van der Waals surface area contributed by atoms with Crippen LogP contribution in [0.5, 0.6) is 0 Å². The third kappa shape index (κ3) is 3.94. The van der Waals surface area contributed by atoms with E-state index in [1.54, 1.807) is 30.6 Å². The molecule has 2 aliphatic heterocycles. The lowest BCUT2D eigenvalue weighted by Crippen LogP contribution is -2.51. The number of carbonyl (C=O) groups excluding carboxylic acids is 1. The number of hydrogen-bond acceptors (Lipinski definition) is 5. The van der Waals surface area contributed by atoms with Crippen molar-refractivity contribution in [1.82, 2.24) is 18.8 Å². The van der Waals surface area contributed by atoms with Crippen LogP contribution in [0.3, 0.4) is 0 Å². The van der Waals surface area contributed by atoms with Gasteiger partial charge in [0, 0.05) is 53.5 Å². The number of sulfonamides is 1. The second-order valence-corrected chi connectivity index (χ2v) is 9.55. The van der Waals surface area contributed by atoms with Gasteiger partial charge >= 0.3 is 0 Å². The average molecular weight is 385 g/mol. The molecule has 0 aliphatic carbocycles. The van der Waals surface area contributed by atoms with Gasteiger partial charge in [0.1, 0.15) is 0 Å². The number of amides is 1. The maximum absolute atomic E-state index is 12.7. The Kier molecular flexibility index (Phi) is 5.41. The van der Waals surface area contributed by atoms with Crippen molar-refractivity contribution in [3.8, 4) is 0 Å². The second kappa shape index (κ2) is 7.28. The molecule has 1 amide bonds. The van der Waals surface area contributed by atoms with Crippen molar-refractivity contribution >= 4 is 15.9 Å². The van der Waals surface area contributed by atoms with E-state index in [1.165, 1.54) is 16.8 Å². The first-order valence-corrected chi connectivity index (χ1v) is 10.5. The quantitative estimate of drug-likeness (QED) is 0.768. The highest BCUT2D eigenvalue weighted by Gasteiger charge is 2.43. The molecule has 0 N–H and O–H groups in total. The third-order valence-electron chi connectivity index (χ3n) is 5.48. The van der Waals surface area contributed by atoms with Crippen LogP contribution in [0.15, 0.2) is 17.6 Å². The fourth-order valence-electron chi connectivity index (χ4n) is 3.87. The van der Waals surface area contributed by atoms with Crippen LogP contribution >= 0.6 is 0 Å². The van der Waals surface area contributed by atoms with E-state index >= 15 is 0 Å². The van der Waals surface area contributed by atoms with E-state index in [0.717, 1.165) is 12.8 Å². The predicted molar refractivity (Wildman–Crippen MR) is 95.9 cm³/mol. The van der Waals surface area contributed by atoms with Gasteiger partial charge in [-0.1, -0.05) is 0 Å². The highest BCUT2D eigenvalue weighted by Crippen LogP contribution is 2.39. The summed E-state index contributed by atoms with van der Waals surface area (Å²) in [6.45, 7) is 1.48. The van der Waals surface area contributed by atoms with Gasteiger partial charge in [-0.3, -0.25) is 4.79 Å². The van der Waals surface area contributed by atoms with E-state index in [1.807, 2.05) is 0 Å². The fraction of sp³-hybridized carbons (Fsp3) is 0.765. The number of aryl methyl sites for hydroxylation is 1. The van der Waals surface area contributed by atoms with E-state index < -0.39 is 10.0 Å². The van der Waals surface area contributed by atoms with Gasteiger partial charge in [-0.2, -0.15) is 4.31 Å². The zero-order valence-electron chi connectivity index (χ0n) is 15.7. The number of imidazole rings is 1. The van der Waals surface area contributed by atoms with Gasteiger partial charge in [0.15, 0.2) is 5.03 Å². The van der Waals surface area contributed by atoms with Crippen molar-refractivity contribution in [2.75, 3.05) is 33.8 Å². The van der Waals surface area contributed by atoms with Crippen LogP contribution in [0.1, 0.15) is 32.1 Å². The molecule has 3 rings (SSSR count). The van der Waals surface area contributed by atoms with E-state index in [9.17, 15) is 13.2 Å². The number of aromatic nitrogens is 2. The highest BCUT2D eigenvalue weighted by atomic mass is 32.2. The van der Waals surface area contributed by atoms with Gasteiger partial charge in [0.2, 0.25) is 5.91 Å². The van der Waals surface area contributed by atoms with Crippen molar-refractivity contribution in [3.05, 3.63) is 12.5 Å². The van der Waals surface area contributed by atoms with Crippen LogP contribution in [0, 0.1) is 5.92 Å². The minimum atomic E-state index is -3.56. The molecule has 2 fully saturated rings. The Bertz CT molecular complexity index is 751. The monoisotopic (exact) mass is 384 g/mol. The maximum Gasteiger partial charge on any atom is 0.262 e. The summed E-state index contributed by atoms with van der Waals surface area (Å²) in [6.07, 6.45) is 6.58. The molecule has 1 atom stereocenters. The topological polar surface area (TPSA) is 84.7 Å². The minimum Gasteiger partial charge on any atom is -0.375 e. The van der Waals surface area contributed by atoms with Gasteiger partial charge in [-0.25, -0.2) is 13.4 Å². The second-order valence-electron chi connectivity index (χ2n) is 7.66. The Morgan fingerprint density at radius 3 is 2.65 bits per heavy atom. The van der Waals surface area contributed by atoms with Crippen molar-refractivity contribution in [3.63, 3.8) is 0 Å². The summed E-state index contributed by atoms with van der Waals surface area (Å²) in [5, 5.41) is 0.0926. The molecule has 1 aromatic heterocycles. The van der Waals surface area contributed by atoms with Crippen LogP contribution in [0.25, 0.3) is 0 Å². The van der Waals surface area contributed by atoms with Crippen LogP contribution in [0.2, 0.25) is 0 Å². The van der Waals surface area contributed by atoms with Crippen LogP contribution in [-0.2, 0) is 26.6 Å². The summed E-state index contributed by atoms with van der Waals surface area (Å²) in [5.41, 5.74) is -0.300. The van der Waals surface area contributed by atoms with Crippen LogP contribution < -0.4 is 0 Å². The predicted octanol–water partition coefficient (Wildman–Crippen LogP) is 0.848. The molecule has 1 unspecified atom stereocenters. The summed E-state index contributed by atoms with van der Waals surface area (Å²) in [4.78, 5) is 17.6. The molecule has 9 heteroatoms. The van der Waals surface area contributed by atoms with E-state index in [4.69, 9.17) is 4.74 Å². The van der Waals surface area contributed by atoms with Gasteiger partial charge in [0.05, 0.1) is 11.9 Å². The smallest absolute Gasteiger partial charge is 0.262 e. The Morgan fingerprint density at radius 1 is 1.38 bits per heavy atom. The van der Waals surface area contributed by atoms with E-state index in [0.29, 0.717) is 44.9 Å². The Morgan fingerprint density at radius 2 is 2.08 bits per heavy atom. The molecule has 146 valence electrons. The molecule has 0 aromatic carbocycles. The first-order chi connectivity index (χ1) is 12.2. The molecule has 0 radical (unpaired) electrons. The lowest BCUT2D eigenvalue weighted by molar-refractivity contribution is -0.138. The van der Waals surface area contributed by atoms with Crippen molar-refractivity contribution < 1.29 is 17.9 Å². The lowest BCUT2D eigenvalue weighted by atomic mass is 9.78. The van der Waals surface area contributed by atoms with E-state index in [2.05, 4.69) is 4.98 Å². The molecular weight excluding hydrogens is 356 g/mol. The molecular formula is C17H28N4O4S. The Labute approximate surface area is 155 Å². The molecule has 0 bridgehead atoms. The van der Waals surface area contributed by atoms with Crippen molar-refractivity contribution in [1.29, 1.82) is 0 Å². The zero-order valence-corrected chi connectivity index (χ0v) is 16.5. The molecule has 3 heterocycles. The van der Waals surface area contributed by atoms with Gasteiger partial charge in [-0.05, 0) is 31.6 Å². The standard InChI is InChI=1S/C17H28N4O4S/c1-19(2)16(22)10-14-4-9-25-17(11-14)5-7-21(8-6-17)26(23,24)15-12-20(3)13-18-15/h12-14H,4-11H2,1-3H3. The van der Waals surface area contributed by atoms with Gasteiger partial charge in [-0.15, -0.1) is 0 Å². The van der Waals surface area contributed by atoms with Crippen LogP contribution in [-0.4, -0.2) is 72.5 Å². The highest BCUT2D eigenvalue weighted by molar-refractivity contribution is 7.89. The normalized spacial score (nSPS) is 23.9. The third-order valence-corrected chi connectivity index (χ3v) is 7.26. The molecule has 1 spiro atoms. The summed E-state index contributed by atoms with van der Waals surface area (Å²) in [6, 6.07) is 0. The van der Waals surface area contributed by atoms with E-state index in [-0.39, 0.29) is 16.5 Å². The fourth-order valence-corrected chi connectivity index (χ4v) is 5.28. The molecule has 26 heavy (non-hydrogen) atoms. The minimum absolute atomic E-state index is 0.0926. The summed E-state index contributed by atoms with van der Waals surface area (Å²) >= 11 is 0. The molecule has 8 nitrogen and oxygen atoms in total. The number of hydrogen-bond donors (Lipinski definition) is 0. The summed E-state index contributed by atoms with van der Waals surface area (Å²) in [7, 11) is 1.75. The average Bonchev–Trinajstić information content (AvgIpc) is 3.02. The molecule has 2 saturated heterocycles.